The first-order valence-corrected chi connectivity index (χ1v) is 8.53. The molecule has 1 aromatic heterocycles. The maximum absolute atomic E-state index is 12.1. The smallest absolute Gasteiger partial charge is 0.220 e. The first-order chi connectivity index (χ1) is 10.7. The molecule has 1 aliphatic heterocycles. The van der Waals surface area contributed by atoms with Crippen molar-refractivity contribution < 1.29 is 4.79 Å². The lowest BCUT2D eigenvalue weighted by Gasteiger charge is -2.32. The number of carbonyl (C=O) groups is 1. The molecule has 5 nitrogen and oxygen atoms in total. The van der Waals surface area contributed by atoms with Crippen molar-refractivity contribution in [3.63, 3.8) is 0 Å². The fraction of sp³-hybridized carbons (Fsp3) is 0.706. The number of nitrogens with zero attached hydrogens (tertiary/aromatic N) is 3. The standard InChI is InChI=1S/C17H26N4O/c1-13-11-18-12-16(19-13)21-8-6-14(7-9-21)10-17(22)20-15-4-2-3-5-15/h11-12,14-15H,2-10H2,1H3,(H,20,22). The summed E-state index contributed by atoms with van der Waals surface area (Å²) >= 11 is 0. The fourth-order valence-electron chi connectivity index (χ4n) is 3.59. The molecular formula is C17H26N4O. The van der Waals surface area contributed by atoms with Gasteiger partial charge in [0.2, 0.25) is 5.91 Å². The number of carbonyl (C=O) groups excluding carboxylic acids is 1. The highest BCUT2D eigenvalue weighted by Gasteiger charge is 2.24. The van der Waals surface area contributed by atoms with E-state index in [-0.39, 0.29) is 5.91 Å². The minimum Gasteiger partial charge on any atom is -0.355 e. The average Bonchev–Trinajstić information content (AvgIpc) is 3.01. The van der Waals surface area contributed by atoms with Crippen LogP contribution in [0.5, 0.6) is 0 Å². The van der Waals surface area contributed by atoms with E-state index in [0.29, 0.717) is 18.4 Å². The molecule has 120 valence electrons. The molecule has 0 bridgehead atoms. The fourth-order valence-corrected chi connectivity index (χ4v) is 3.59. The topological polar surface area (TPSA) is 58.1 Å². The van der Waals surface area contributed by atoms with Crippen molar-refractivity contribution in [3.05, 3.63) is 18.1 Å². The Morgan fingerprint density at radius 3 is 2.64 bits per heavy atom. The molecule has 1 saturated heterocycles. The quantitative estimate of drug-likeness (QED) is 0.928. The van der Waals surface area contributed by atoms with Gasteiger partial charge >= 0.3 is 0 Å². The van der Waals surface area contributed by atoms with Gasteiger partial charge in [0.05, 0.1) is 11.9 Å². The molecular weight excluding hydrogens is 276 g/mol. The van der Waals surface area contributed by atoms with E-state index >= 15 is 0 Å². The molecule has 0 atom stereocenters. The van der Waals surface area contributed by atoms with Gasteiger partial charge in [-0.15, -0.1) is 0 Å². The Hall–Kier alpha value is -1.65. The molecule has 1 aliphatic carbocycles. The normalized spacial score (nSPS) is 20.3. The Labute approximate surface area is 132 Å². The van der Waals surface area contributed by atoms with Gasteiger partial charge in [-0.1, -0.05) is 12.8 Å². The summed E-state index contributed by atoms with van der Waals surface area (Å²) in [6.07, 6.45) is 11.3. The van der Waals surface area contributed by atoms with E-state index < -0.39 is 0 Å². The molecule has 0 spiro atoms. The third-order valence-corrected chi connectivity index (χ3v) is 4.88. The largest absolute Gasteiger partial charge is 0.355 e. The monoisotopic (exact) mass is 302 g/mol. The van der Waals surface area contributed by atoms with Crippen LogP contribution in [0.25, 0.3) is 0 Å². The first kappa shape index (κ1) is 15.3. The maximum atomic E-state index is 12.1. The van der Waals surface area contributed by atoms with E-state index in [9.17, 15) is 4.79 Å². The Balaban J connectivity index is 1.44. The predicted molar refractivity (Wildman–Crippen MR) is 86.7 cm³/mol. The van der Waals surface area contributed by atoms with Crippen LogP contribution in [0.2, 0.25) is 0 Å². The van der Waals surface area contributed by atoms with E-state index in [0.717, 1.165) is 50.3 Å². The third kappa shape index (κ3) is 3.96. The van der Waals surface area contributed by atoms with Gasteiger partial charge in [-0.05, 0) is 38.5 Å². The summed E-state index contributed by atoms with van der Waals surface area (Å²) in [5, 5.41) is 3.20. The van der Waals surface area contributed by atoms with E-state index in [1.54, 1.807) is 6.20 Å². The van der Waals surface area contributed by atoms with E-state index in [1.807, 2.05) is 13.1 Å². The van der Waals surface area contributed by atoms with Gasteiger partial charge in [0, 0.05) is 31.7 Å². The van der Waals surface area contributed by atoms with Gasteiger partial charge in [0.25, 0.3) is 0 Å². The highest BCUT2D eigenvalue weighted by atomic mass is 16.1. The van der Waals surface area contributed by atoms with E-state index in [4.69, 9.17) is 0 Å². The number of aryl methyl sites for hydroxylation is 1. The number of anilines is 1. The molecule has 2 heterocycles. The Kier molecular flexibility index (Phi) is 4.90. The second kappa shape index (κ2) is 7.07. The molecule has 1 saturated carbocycles. The zero-order valence-corrected chi connectivity index (χ0v) is 13.4. The highest BCUT2D eigenvalue weighted by molar-refractivity contribution is 5.76. The summed E-state index contributed by atoms with van der Waals surface area (Å²) in [5.74, 6) is 1.73. The van der Waals surface area contributed by atoms with Crippen molar-refractivity contribution in [3.8, 4) is 0 Å². The van der Waals surface area contributed by atoms with E-state index in [2.05, 4.69) is 20.2 Å². The highest BCUT2D eigenvalue weighted by Crippen LogP contribution is 2.24. The number of amides is 1. The van der Waals surface area contributed by atoms with Gasteiger partial charge in [-0.3, -0.25) is 9.78 Å². The molecule has 22 heavy (non-hydrogen) atoms. The van der Waals surface area contributed by atoms with Crippen LogP contribution in [0.1, 0.15) is 50.6 Å². The summed E-state index contributed by atoms with van der Waals surface area (Å²) in [5.41, 5.74) is 0.954. The molecule has 1 aromatic rings. The second-order valence-corrected chi connectivity index (χ2v) is 6.70. The van der Waals surface area contributed by atoms with Crippen LogP contribution in [-0.2, 0) is 4.79 Å². The van der Waals surface area contributed by atoms with Crippen LogP contribution >= 0.6 is 0 Å². The number of aromatic nitrogens is 2. The summed E-state index contributed by atoms with van der Waals surface area (Å²) in [6, 6.07) is 0.440. The summed E-state index contributed by atoms with van der Waals surface area (Å²) in [6.45, 7) is 3.91. The van der Waals surface area contributed by atoms with Gasteiger partial charge < -0.3 is 10.2 Å². The molecule has 0 unspecified atom stereocenters. The Morgan fingerprint density at radius 1 is 1.23 bits per heavy atom. The van der Waals surface area contributed by atoms with Crippen LogP contribution in [0.15, 0.2) is 12.4 Å². The SMILES string of the molecule is Cc1cncc(N2CCC(CC(=O)NC3CCCC3)CC2)n1. The van der Waals surface area contributed by atoms with Crippen LogP contribution in [0.4, 0.5) is 5.82 Å². The number of hydrogen-bond acceptors (Lipinski definition) is 4. The van der Waals surface area contributed by atoms with Crippen LogP contribution in [0, 0.1) is 12.8 Å². The van der Waals surface area contributed by atoms with E-state index in [1.165, 1.54) is 12.8 Å². The first-order valence-electron chi connectivity index (χ1n) is 8.53. The second-order valence-electron chi connectivity index (χ2n) is 6.70. The zero-order chi connectivity index (χ0) is 15.4. The number of piperidine rings is 1. The molecule has 3 rings (SSSR count). The van der Waals surface area contributed by atoms with Crippen molar-refractivity contribution >= 4 is 11.7 Å². The average molecular weight is 302 g/mol. The lowest BCUT2D eigenvalue weighted by molar-refractivity contribution is -0.122. The minimum atomic E-state index is 0.251. The number of nitrogens with one attached hydrogen (secondary N) is 1. The van der Waals surface area contributed by atoms with Gasteiger partial charge in [-0.25, -0.2) is 4.98 Å². The molecule has 0 aromatic carbocycles. The van der Waals surface area contributed by atoms with Crippen LogP contribution in [0.3, 0.4) is 0 Å². The molecule has 1 amide bonds. The van der Waals surface area contributed by atoms with Gasteiger partial charge in [0.15, 0.2) is 0 Å². The predicted octanol–water partition coefficient (Wildman–Crippen LogP) is 2.45. The maximum Gasteiger partial charge on any atom is 0.220 e. The van der Waals surface area contributed by atoms with Crippen molar-refractivity contribution in [1.29, 1.82) is 0 Å². The molecule has 2 fully saturated rings. The van der Waals surface area contributed by atoms with Crippen LogP contribution in [-0.4, -0.2) is 35.0 Å². The molecule has 0 radical (unpaired) electrons. The number of hydrogen-bond donors (Lipinski definition) is 1. The molecule has 5 heteroatoms. The van der Waals surface area contributed by atoms with Crippen molar-refractivity contribution in [2.75, 3.05) is 18.0 Å². The minimum absolute atomic E-state index is 0.251. The molecule has 2 aliphatic rings. The Morgan fingerprint density at radius 2 is 1.95 bits per heavy atom. The molecule has 1 N–H and O–H groups in total. The van der Waals surface area contributed by atoms with Crippen molar-refractivity contribution in [2.24, 2.45) is 5.92 Å². The summed E-state index contributed by atoms with van der Waals surface area (Å²) < 4.78 is 0. The zero-order valence-electron chi connectivity index (χ0n) is 13.4. The summed E-state index contributed by atoms with van der Waals surface area (Å²) in [7, 11) is 0. The lowest BCUT2D eigenvalue weighted by Crippen LogP contribution is -2.38. The van der Waals surface area contributed by atoms with Gasteiger partial charge in [0.1, 0.15) is 5.82 Å². The van der Waals surface area contributed by atoms with Crippen LogP contribution < -0.4 is 10.2 Å². The van der Waals surface area contributed by atoms with Gasteiger partial charge in [-0.2, -0.15) is 0 Å². The number of rotatable bonds is 4. The van der Waals surface area contributed by atoms with Crippen molar-refractivity contribution in [2.45, 2.75) is 57.9 Å². The lowest BCUT2D eigenvalue weighted by atomic mass is 9.93. The van der Waals surface area contributed by atoms with Crippen molar-refractivity contribution in [1.82, 2.24) is 15.3 Å². The third-order valence-electron chi connectivity index (χ3n) is 4.88. The Bertz CT molecular complexity index is 505. The summed E-state index contributed by atoms with van der Waals surface area (Å²) in [4.78, 5) is 23.2.